The van der Waals surface area contributed by atoms with Crippen LogP contribution in [-0.4, -0.2) is 48.1 Å². The van der Waals surface area contributed by atoms with Gasteiger partial charge in [-0.25, -0.2) is 18.4 Å². The first kappa shape index (κ1) is 16.4. The number of rotatable bonds is 5. The Kier molecular flexibility index (Phi) is 4.52. The number of amides is 1. The average molecular weight is 326 g/mol. The van der Waals surface area contributed by atoms with Gasteiger partial charge in [0.05, 0.1) is 0 Å². The highest BCUT2D eigenvalue weighted by Gasteiger charge is 2.42. The second-order valence-electron chi connectivity index (χ2n) is 5.45. The molecule has 1 amide bonds. The average Bonchev–Trinajstić information content (AvgIpc) is 2.79. The summed E-state index contributed by atoms with van der Waals surface area (Å²) in [5.74, 6) is -1.66. The van der Waals surface area contributed by atoms with Crippen molar-refractivity contribution in [3.05, 3.63) is 35.4 Å². The molecule has 0 bridgehead atoms. The Bertz CT molecular complexity index is 701. The lowest BCUT2D eigenvalue weighted by atomic mass is 10.0. The molecule has 1 saturated heterocycles. The second-order valence-corrected chi connectivity index (χ2v) is 7.29. The predicted molar refractivity (Wildman–Crippen MR) is 79.5 cm³/mol. The third kappa shape index (κ3) is 3.45. The van der Waals surface area contributed by atoms with E-state index >= 15 is 0 Å². The number of aryl methyl sites for hydroxylation is 1. The molecule has 1 fully saturated rings. The maximum Gasteiger partial charge on any atom is 0.326 e. The fraction of sp³-hybridized carbons (Fsp3) is 0.429. The molecule has 1 aliphatic heterocycles. The Morgan fingerprint density at radius 1 is 1.45 bits per heavy atom. The monoisotopic (exact) mass is 326 g/mol. The van der Waals surface area contributed by atoms with Gasteiger partial charge in [0.15, 0.2) is 0 Å². The van der Waals surface area contributed by atoms with Gasteiger partial charge in [0.25, 0.3) is 0 Å². The Hall–Kier alpha value is -1.93. The van der Waals surface area contributed by atoms with E-state index in [0.717, 1.165) is 16.0 Å². The Labute approximate surface area is 128 Å². The van der Waals surface area contributed by atoms with Crippen LogP contribution in [-0.2, 0) is 26.0 Å². The van der Waals surface area contributed by atoms with E-state index in [4.69, 9.17) is 5.14 Å². The normalized spacial score (nSPS) is 20.2. The van der Waals surface area contributed by atoms with Gasteiger partial charge in [0.1, 0.15) is 11.3 Å². The second kappa shape index (κ2) is 6.05. The number of nitrogens with zero attached hydrogens (tertiary/aromatic N) is 1. The molecule has 1 aromatic carbocycles. The minimum atomic E-state index is -3.86. The molecule has 0 saturated carbocycles. The van der Waals surface area contributed by atoms with Crippen LogP contribution in [0.15, 0.2) is 24.3 Å². The highest BCUT2D eigenvalue weighted by Crippen LogP contribution is 2.22. The Morgan fingerprint density at radius 2 is 2.09 bits per heavy atom. The van der Waals surface area contributed by atoms with Crippen LogP contribution in [0.3, 0.4) is 0 Å². The third-order valence-electron chi connectivity index (χ3n) is 3.92. The van der Waals surface area contributed by atoms with Gasteiger partial charge >= 0.3 is 5.97 Å². The van der Waals surface area contributed by atoms with E-state index < -0.39 is 33.2 Å². The van der Waals surface area contributed by atoms with Crippen LogP contribution in [0, 0.1) is 6.92 Å². The first-order chi connectivity index (χ1) is 10.2. The fourth-order valence-corrected chi connectivity index (χ4v) is 3.34. The molecule has 0 aliphatic carbocycles. The summed E-state index contributed by atoms with van der Waals surface area (Å²) in [6.45, 7) is 1.67. The number of benzene rings is 1. The van der Waals surface area contributed by atoms with Gasteiger partial charge in [0.2, 0.25) is 15.9 Å². The number of carboxylic acids is 1. The van der Waals surface area contributed by atoms with E-state index in [1.807, 2.05) is 19.1 Å². The molecular formula is C14H18N2O5S. The summed E-state index contributed by atoms with van der Waals surface area (Å²) in [7, 11) is -3.86. The highest BCUT2D eigenvalue weighted by atomic mass is 32.2. The van der Waals surface area contributed by atoms with E-state index in [0.29, 0.717) is 0 Å². The zero-order chi connectivity index (χ0) is 16.5. The quantitative estimate of drug-likeness (QED) is 0.782. The number of likely N-dealkylation sites (tertiary alicyclic amines) is 1. The molecule has 22 heavy (non-hydrogen) atoms. The topological polar surface area (TPSA) is 118 Å². The maximum absolute atomic E-state index is 12.0. The van der Waals surface area contributed by atoms with Crippen LogP contribution in [0.1, 0.15) is 17.5 Å². The van der Waals surface area contributed by atoms with Gasteiger partial charge in [-0.05, 0) is 18.1 Å². The van der Waals surface area contributed by atoms with Crippen LogP contribution in [0.2, 0.25) is 0 Å². The molecule has 1 aromatic rings. The van der Waals surface area contributed by atoms with Crippen molar-refractivity contribution in [2.75, 3.05) is 6.54 Å². The molecule has 2 atom stereocenters. The van der Waals surface area contributed by atoms with Crippen LogP contribution in [0.5, 0.6) is 0 Å². The number of carbonyl (C=O) groups is 2. The zero-order valence-corrected chi connectivity index (χ0v) is 12.9. The number of carboxylic acid groups (broad SMARTS) is 1. The van der Waals surface area contributed by atoms with Gasteiger partial charge in [-0.1, -0.05) is 24.3 Å². The molecule has 120 valence electrons. The summed E-state index contributed by atoms with van der Waals surface area (Å²) >= 11 is 0. The number of hydrogen-bond acceptors (Lipinski definition) is 4. The molecule has 1 heterocycles. The summed E-state index contributed by atoms with van der Waals surface area (Å²) < 4.78 is 22.8. The minimum Gasteiger partial charge on any atom is -0.480 e. The largest absolute Gasteiger partial charge is 0.480 e. The molecule has 0 aromatic heterocycles. The first-order valence-electron chi connectivity index (χ1n) is 6.78. The van der Waals surface area contributed by atoms with Gasteiger partial charge in [-0.2, -0.15) is 0 Å². The number of nitrogens with two attached hydrogens (primary N) is 1. The van der Waals surface area contributed by atoms with Crippen molar-refractivity contribution in [3.8, 4) is 0 Å². The lowest BCUT2D eigenvalue weighted by molar-refractivity contribution is -0.148. The van der Waals surface area contributed by atoms with Gasteiger partial charge < -0.3 is 10.0 Å². The fourth-order valence-electron chi connectivity index (χ4n) is 2.60. The van der Waals surface area contributed by atoms with Crippen molar-refractivity contribution in [3.63, 3.8) is 0 Å². The summed E-state index contributed by atoms with van der Waals surface area (Å²) in [4.78, 5) is 24.6. The first-order valence-corrected chi connectivity index (χ1v) is 8.39. The van der Waals surface area contributed by atoms with E-state index in [1.54, 1.807) is 12.1 Å². The van der Waals surface area contributed by atoms with E-state index in [1.165, 1.54) is 0 Å². The third-order valence-corrected chi connectivity index (χ3v) is 5.17. The smallest absolute Gasteiger partial charge is 0.326 e. The number of sulfonamides is 1. The molecule has 0 radical (unpaired) electrons. The van der Waals surface area contributed by atoms with Crippen molar-refractivity contribution in [2.45, 2.75) is 31.1 Å². The molecule has 0 spiro atoms. The van der Waals surface area contributed by atoms with Crippen molar-refractivity contribution in [1.29, 1.82) is 0 Å². The Balaban J connectivity index is 2.24. The van der Waals surface area contributed by atoms with E-state index in [9.17, 15) is 23.1 Å². The van der Waals surface area contributed by atoms with Crippen LogP contribution < -0.4 is 5.14 Å². The molecule has 3 N–H and O–H groups in total. The van der Waals surface area contributed by atoms with Crippen molar-refractivity contribution in [2.24, 2.45) is 5.14 Å². The lowest BCUT2D eigenvalue weighted by Crippen LogP contribution is -2.44. The summed E-state index contributed by atoms with van der Waals surface area (Å²) in [5, 5.41) is 13.4. The van der Waals surface area contributed by atoms with Gasteiger partial charge in [0, 0.05) is 19.4 Å². The number of primary sulfonamides is 1. The van der Waals surface area contributed by atoms with Gasteiger partial charge in [-0.3, -0.25) is 4.79 Å². The standard InChI is InChI=1S/C14H18N2O5S/c1-9-4-2-3-5-10(9)6-12(14(18)19)16-8-11(7-13(16)17)22(15,20)21/h2-5,11-12H,6-8H2,1H3,(H,18,19)(H2,15,20,21)/t11?,12-/m0/s1. The highest BCUT2D eigenvalue weighted by molar-refractivity contribution is 7.89. The Morgan fingerprint density at radius 3 is 2.59 bits per heavy atom. The summed E-state index contributed by atoms with van der Waals surface area (Å²) in [6.07, 6.45) is -0.137. The number of carbonyl (C=O) groups excluding carboxylic acids is 1. The van der Waals surface area contributed by atoms with Crippen molar-refractivity contribution < 1.29 is 23.1 Å². The van der Waals surface area contributed by atoms with Crippen LogP contribution in [0.4, 0.5) is 0 Å². The van der Waals surface area contributed by atoms with E-state index in [-0.39, 0.29) is 19.4 Å². The molecule has 7 nitrogen and oxygen atoms in total. The van der Waals surface area contributed by atoms with Crippen molar-refractivity contribution in [1.82, 2.24) is 4.90 Å². The van der Waals surface area contributed by atoms with Crippen LogP contribution in [0.25, 0.3) is 0 Å². The number of hydrogen-bond donors (Lipinski definition) is 2. The molecule has 1 aliphatic rings. The molecule has 8 heteroatoms. The summed E-state index contributed by atoms with van der Waals surface area (Å²) in [6, 6.07) is 6.18. The minimum absolute atomic E-state index is 0.130. The molecule has 2 rings (SSSR count). The van der Waals surface area contributed by atoms with Crippen LogP contribution >= 0.6 is 0 Å². The summed E-state index contributed by atoms with van der Waals surface area (Å²) in [5.41, 5.74) is 1.73. The lowest BCUT2D eigenvalue weighted by Gasteiger charge is -2.25. The zero-order valence-electron chi connectivity index (χ0n) is 12.1. The predicted octanol–water partition coefficient (Wildman–Crippen LogP) is -0.120. The number of aliphatic carboxylic acids is 1. The maximum atomic E-state index is 12.0. The SMILES string of the molecule is Cc1ccccc1C[C@@H](C(=O)O)N1CC(S(N)(=O)=O)CC1=O. The molecule has 1 unspecified atom stereocenters. The van der Waals surface area contributed by atoms with E-state index in [2.05, 4.69) is 0 Å². The molecular weight excluding hydrogens is 308 g/mol. The van der Waals surface area contributed by atoms with Crippen molar-refractivity contribution >= 4 is 21.9 Å². The van der Waals surface area contributed by atoms with Gasteiger partial charge in [-0.15, -0.1) is 0 Å².